The lowest BCUT2D eigenvalue weighted by atomic mass is 9.92. The highest BCUT2D eigenvalue weighted by atomic mass is 35.5. The number of halogens is 2. The Hall–Kier alpha value is -2.70. The van der Waals surface area contributed by atoms with Crippen molar-refractivity contribution >= 4 is 34.9 Å². The molecule has 4 rings (SSSR count). The number of anilines is 1. The van der Waals surface area contributed by atoms with E-state index in [1.807, 2.05) is 17.9 Å². The molecule has 3 aromatic rings. The van der Waals surface area contributed by atoms with Crippen LogP contribution in [0.1, 0.15) is 25.3 Å². The van der Waals surface area contributed by atoms with Gasteiger partial charge in [0.1, 0.15) is 0 Å². The van der Waals surface area contributed by atoms with Gasteiger partial charge < -0.3 is 19.5 Å². The van der Waals surface area contributed by atoms with Gasteiger partial charge in [0.15, 0.2) is 11.7 Å². The van der Waals surface area contributed by atoms with Crippen molar-refractivity contribution in [3.05, 3.63) is 70.2 Å². The third kappa shape index (κ3) is 5.81. The van der Waals surface area contributed by atoms with Crippen LogP contribution >= 0.6 is 23.2 Å². The molecule has 8 heteroatoms. The summed E-state index contributed by atoms with van der Waals surface area (Å²) in [5.74, 6) is 1.42. The second-order valence-corrected chi connectivity index (χ2v) is 10.0. The van der Waals surface area contributed by atoms with Crippen molar-refractivity contribution in [2.45, 2.75) is 27.3 Å². The zero-order valence-electron chi connectivity index (χ0n) is 19.1. The number of hydrogen-bond donors (Lipinski definition) is 1. The van der Waals surface area contributed by atoms with E-state index in [0.29, 0.717) is 35.6 Å². The fourth-order valence-electron chi connectivity index (χ4n) is 4.15. The lowest BCUT2D eigenvalue weighted by Gasteiger charge is -2.31. The zero-order valence-corrected chi connectivity index (χ0v) is 20.6. The number of benzene rings is 2. The van der Waals surface area contributed by atoms with Gasteiger partial charge >= 0.3 is 6.03 Å². The molecule has 6 nitrogen and oxygen atoms in total. The number of nitrogens with zero attached hydrogens (tertiary/aromatic N) is 3. The summed E-state index contributed by atoms with van der Waals surface area (Å²) in [4.78, 5) is 21.3. The van der Waals surface area contributed by atoms with Crippen molar-refractivity contribution in [2.75, 3.05) is 31.1 Å². The van der Waals surface area contributed by atoms with Crippen LogP contribution in [-0.4, -0.2) is 42.1 Å². The van der Waals surface area contributed by atoms with Crippen LogP contribution < -0.4 is 10.2 Å². The molecule has 0 aliphatic carbocycles. The Bertz CT molecular complexity index is 1130. The molecular formula is C25H28Cl2N4O2. The Labute approximate surface area is 204 Å². The molecule has 174 valence electrons. The molecule has 33 heavy (non-hydrogen) atoms. The van der Waals surface area contributed by atoms with Gasteiger partial charge in [0.05, 0.1) is 16.2 Å². The Morgan fingerprint density at radius 3 is 2.52 bits per heavy atom. The highest BCUT2D eigenvalue weighted by molar-refractivity contribution is 6.42. The molecule has 1 fully saturated rings. The Balaban J connectivity index is 1.40. The minimum atomic E-state index is -0.0768. The molecule has 1 aliphatic rings. The minimum absolute atomic E-state index is 0.0713. The number of amides is 2. The molecule has 2 aromatic carbocycles. The van der Waals surface area contributed by atoms with Crippen molar-refractivity contribution in [1.29, 1.82) is 0 Å². The van der Waals surface area contributed by atoms with E-state index in [2.05, 4.69) is 53.3 Å². The van der Waals surface area contributed by atoms with E-state index in [9.17, 15) is 4.79 Å². The van der Waals surface area contributed by atoms with Crippen LogP contribution in [-0.2, 0) is 6.54 Å². The molecule has 0 bridgehead atoms. The number of carbonyl (C=O) groups excluding carboxylic acids is 1. The third-order valence-corrected chi connectivity index (χ3v) is 6.47. The van der Waals surface area contributed by atoms with Crippen LogP contribution in [0.15, 0.2) is 53.1 Å². The topological polar surface area (TPSA) is 61.6 Å². The molecule has 1 aliphatic heterocycles. The molecule has 1 N–H and O–H groups in total. The average molecular weight is 487 g/mol. The fourth-order valence-corrected chi connectivity index (χ4v) is 4.47. The molecule has 0 radical (unpaired) electrons. The first-order valence-electron chi connectivity index (χ1n) is 10.9. The van der Waals surface area contributed by atoms with E-state index in [0.717, 1.165) is 35.7 Å². The number of hydrogen-bond acceptors (Lipinski definition) is 4. The third-order valence-electron chi connectivity index (χ3n) is 5.73. The van der Waals surface area contributed by atoms with Gasteiger partial charge in [-0.2, -0.15) is 0 Å². The van der Waals surface area contributed by atoms with Crippen LogP contribution in [0.3, 0.4) is 0 Å². The van der Waals surface area contributed by atoms with Gasteiger partial charge in [0, 0.05) is 50.9 Å². The van der Waals surface area contributed by atoms with Crippen molar-refractivity contribution in [2.24, 2.45) is 5.41 Å². The summed E-state index contributed by atoms with van der Waals surface area (Å²) >= 11 is 12.1. The highest BCUT2D eigenvalue weighted by Crippen LogP contribution is 2.29. The van der Waals surface area contributed by atoms with Crippen LogP contribution in [0.5, 0.6) is 0 Å². The molecule has 0 unspecified atom stereocenters. The molecular weight excluding hydrogens is 459 g/mol. The van der Waals surface area contributed by atoms with E-state index in [4.69, 9.17) is 27.6 Å². The first-order valence-corrected chi connectivity index (χ1v) is 11.7. The van der Waals surface area contributed by atoms with Gasteiger partial charge in [-0.05, 0) is 47.4 Å². The highest BCUT2D eigenvalue weighted by Gasteiger charge is 2.31. The smallest absolute Gasteiger partial charge is 0.317 e. The number of nitrogens with one attached hydrogen (secondary N) is 1. The molecule has 0 spiro atoms. The van der Waals surface area contributed by atoms with E-state index in [1.54, 1.807) is 18.3 Å². The first kappa shape index (κ1) is 23.5. The number of carbonyl (C=O) groups is 1. The Morgan fingerprint density at radius 1 is 1.09 bits per heavy atom. The monoisotopic (exact) mass is 486 g/mol. The average Bonchev–Trinajstić information content (AvgIpc) is 3.14. The van der Waals surface area contributed by atoms with E-state index < -0.39 is 0 Å². The predicted octanol–water partition coefficient (Wildman–Crippen LogP) is 6.01. The number of aryl methyl sites for hydroxylation is 1. The SMILES string of the molecule is Cc1ncc(-c2ccc(N3CCN(C(=O)NCc4ccc(Cl)c(Cl)c4)CC(C)(C)C3)cc2)o1. The summed E-state index contributed by atoms with van der Waals surface area (Å²) < 4.78 is 5.63. The molecule has 1 saturated heterocycles. The van der Waals surface area contributed by atoms with Gasteiger partial charge in [0.2, 0.25) is 0 Å². The summed E-state index contributed by atoms with van der Waals surface area (Å²) in [5.41, 5.74) is 2.96. The second kappa shape index (κ2) is 9.65. The lowest BCUT2D eigenvalue weighted by molar-refractivity contribution is 0.180. The van der Waals surface area contributed by atoms with Gasteiger partial charge in [-0.1, -0.05) is 43.1 Å². The quantitative estimate of drug-likeness (QED) is 0.489. The van der Waals surface area contributed by atoms with E-state index >= 15 is 0 Å². The van der Waals surface area contributed by atoms with E-state index in [1.165, 1.54) is 0 Å². The van der Waals surface area contributed by atoms with Gasteiger partial charge in [0.25, 0.3) is 0 Å². The normalized spacial score (nSPS) is 15.9. The number of rotatable bonds is 4. The summed E-state index contributed by atoms with van der Waals surface area (Å²) in [6, 6.07) is 13.6. The van der Waals surface area contributed by atoms with E-state index in [-0.39, 0.29) is 11.4 Å². The molecule has 2 amide bonds. The van der Waals surface area contributed by atoms with Crippen molar-refractivity contribution < 1.29 is 9.21 Å². The van der Waals surface area contributed by atoms with Crippen LogP contribution in [0.25, 0.3) is 11.3 Å². The first-order chi connectivity index (χ1) is 15.7. The maximum absolute atomic E-state index is 12.9. The van der Waals surface area contributed by atoms with Crippen molar-refractivity contribution in [3.8, 4) is 11.3 Å². The standard InChI is InChI=1S/C25H28Cl2N4O2/c1-17-28-14-23(33-17)19-5-7-20(8-6-19)30-10-11-31(16-25(2,3)15-30)24(32)29-13-18-4-9-21(26)22(27)12-18/h4-9,12,14H,10-11,13,15-16H2,1-3H3,(H,29,32). The predicted molar refractivity (Wildman–Crippen MR) is 133 cm³/mol. The fraction of sp³-hybridized carbons (Fsp3) is 0.360. The van der Waals surface area contributed by atoms with Gasteiger partial charge in [-0.25, -0.2) is 9.78 Å². The summed E-state index contributed by atoms with van der Waals surface area (Å²) in [6.07, 6.45) is 1.74. The molecule has 1 aromatic heterocycles. The maximum atomic E-state index is 12.9. The van der Waals surface area contributed by atoms with Crippen LogP contribution in [0.2, 0.25) is 10.0 Å². The minimum Gasteiger partial charge on any atom is -0.441 e. The summed E-state index contributed by atoms with van der Waals surface area (Å²) in [5, 5.41) is 4.00. The summed E-state index contributed by atoms with van der Waals surface area (Å²) in [7, 11) is 0. The maximum Gasteiger partial charge on any atom is 0.317 e. The van der Waals surface area contributed by atoms with Gasteiger partial charge in [-0.3, -0.25) is 0 Å². The van der Waals surface area contributed by atoms with Gasteiger partial charge in [-0.15, -0.1) is 0 Å². The number of urea groups is 1. The molecule has 2 heterocycles. The lowest BCUT2D eigenvalue weighted by Crippen LogP contribution is -2.44. The second-order valence-electron chi connectivity index (χ2n) is 9.20. The van der Waals surface area contributed by atoms with Crippen molar-refractivity contribution in [1.82, 2.24) is 15.2 Å². The Morgan fingerprint density at radius 2 is 1.85 bits per heavy atom. The largest absolute Gasteiger partial charge is 0.441 e. The van der Waals surface area contributed by atoms with Crippen LogP contribution in [0.4, 0.5) is 10.5 Å². The van der Waals surface area contributed by atoms with Crippen molar-refractivity contribution in [3.63, 3.8) is 0 Å². The number of aromatic nitrogens is 1. The summed E-state index contributed by atoms with van der Waals surface area (Å²) in [6.45, 7) is 9.54. The molecule has 0 saturated carbocycles. The van der Waals surface area contributed by atoms with Crippen LogP contribution in [0, 0.1) is 12.3 Å². The number of oxazole rings is 1. The Kier molecular flexibility index (Phi) is 6.86. The zero-order chi connectivity index (χ0) is 23.6. The molecule has 0 atom stereocenters.